The van der Waals surface area contributed by atoms with Crippen molar-refractivity contribution in [3.63, 3.8) is 0 Å². The molecule has 1 amide bonds. The van der Waals surface area contributed by atoms with Gasteiger partial charge in [-0.25, -0.2) is 8.78 Å². The maximum Gasteiger partial charge on any atom is 0.255 e. The van der Waals surface area contributed by atoms with Gasteiger partial charge in [-0.15, -0.1) is 10.2 Å². The number of benzene rings is 4. The van der Waals surface area contributed by atoms with Crippen molar-refractivity contribution in [2.75, 3.05) is 5.32 Å². The highest BCUT2D eigenvalue weighted by Gasteiger charge is 2.18. The monoisotopic (exact) mass is 512 g/mol. The molecule has 0 bridgehead atoms. The number of hydrogen-bond donors (Lipinski definition) is 1. The van der Waals surface area contributed by atoms with Gasteiger partial charge >= 0.3 is 0 Å². The molecule has 0 fully saturated rings. The molecule has 0 aliphatic rings. The Bertz CT molecular complexity index is 1520. The zero-order chi connectivity index (χ0) is 25.6. The molecule has 0 radical (unpaired) electrons. The van der Waals surface area contributed by atoms with Crippen molar-refractivity contribution in [2.24, 2.45) is 0 Å². The van der Waals surface area contributed by atoms with E-state index in [9.17, 15) is 13.6 Å². The summed E-state index contributed by atoms with van der Waals surface area (Å²) < 4.78 is 29.9. The Morgan fingerprint density at radius 2 is 1.57 bits per heavy atom. The van der Waals surface area contributed by atoms with Gasteiger partial charge in [0.2, 0.25) is 0 Å². The van der Waals surface area contributed by atoms with Gasteiger partial charge in [0.05, 0.1) is 5.69 Å². The lowest BCUT2D eigenvalue weighted by molar-refractivity contribution is 0.102. The smallest absolute Gasteiger partial charge is 0.255 e. The molecule has 0 saturated carbocycles. The van der Waals surface area contributed by atoms with Crippen LogP contribution in [0.25, 0.3) is 5.69 Å². The zero-order valence-corrected chi connectivity index (χ0v) is 20.5. The van der Waals surface area contributed by atoms with Crippen LogP contribution in [0.2, 0.25) is 0 Å². The van der Waals surface area contributed by atoms with E-state index in [1.54, 1.807) is 41.0 Å². The lowest BCUT2D eigenvalue weighted by Crippen LogP contribution is -2.11. The largest absolute Gasteiger partial charge is 0.322 e. The molecule has 5 rings (SSSR count). The molecular formula is C29H22F2N4OS. The summed E-state index contributed by atoms with van der Waals surface area (Å²) in [5.41, 5.74) is 3.25. The lowest BCUT2D eigenvalue weighted by atomic mass is 10.1. The highest BCUT2D eigenvalue weighted by Crippen LogP contribution is 2.28. The average Bonchev–Trinajstić information content (AvgIpc) is 3.30. The first-order valence-corrected chi connectivity index (χ1v) is 12.6. The lowest BCUT2D eigenvalue weighted by Gasteiger charge is -2.11. The van der Waals surface area contributed by atoms with Crippen LogP contribution < -0.4 is 5.32 Å². The summed E-state index contributed by atoms with van der Waals surface area (Å²) in [5, 5.41) is 12.0. The molecule has 0 aliphatic carbocycles. The molecule has 0 aliphatic heterocycles. The first-order valence-electron chi connectivity index (χ1n) is 11.6. The number of anilines is 1. The molecular weight excluding hydrogens is 490 g/mol. The predicted molar refractivity (Wildman–Crippen MR) is 141 cm³/mol. The third kappa shape index (κ3) is 5.92. The van der Waals surface area contributed by atoms with Gasteiger partial charge in [-0.05, 0) is 53.6 Å². The molecule has 5 aromatic rings. The fraction of sp³-hybridized carbons (Fsp3) is 0.0690. The number of halogens is 2. The number of amides is 1. The number of aromatic nitrogens is 3. The van der Waals surface area contributed by atoms with E-state index in [0.29, 0.717) is 40.1 Å². The fourth-order valence-corrected chi connectivity index (χ4v) is 4.75. The van der Waals surface area contributed by atoms with Crippen LogP contribution in [-0.4, -0.2) is 20.7 Å². The van der Waals surface area contributed by atoms with Gasteiger partial charge in [-0.1, -0.05) is 72.4 Å². The number of nitrogens with zero attached hydrogens (tertiary/aromatic N) is 3. The predicted octanol–water partition coefficient (Wildman–Crippen LogP) is 6.68. The minimum Gasteiger partial charge on any atom is -0.322 e. The van der Waals surface area contributed by atoms with Gasteiger partial charge in [0.25, 0.3) is 5.91 Å². The van der Waals surface area contributed by atoms with E-state index in [0.717, 1.165) is 11.1 Å². The number of hydrogen-bond acceptors (Lipinski definition) is 4. The fourth-order valence-electron chi connectivity index (χ4n) is 3.83. The minimum absolute atomic E-state index is 0.324. The van der Waals surface area contributed by atoms with E-state index in [1.807, 2.05) is 42.5 Å². The summed E-state index contributed by atoms with van der Waals surface area (Å²) in [6.45, 7) is 0. The second kappa shape index (κ2) is 11.2. The van der Waals surface area contributed by atoms with E-state index < -0.39 is 5.82 Å². The van der Waals surface area contributed by atoms with Crippen molar-refractivity contribution in [3.05, 3.63) is 137 Å². The molecule has 1 heterocycles. The number of thioether (sulfide) groups is 1. The summed E-state index contributed by atoms with van der Waals surface area (Å²) in [4.78, 5) is 12.5. The van der Waals surface area contributed by atoms with Crippen LogP contribution in [0.15, 0.2) is 108 Å². The standard InChI is InChI=1S/C29H22F2N4OS/c30-23-9-6-10-24(18-23)32-28(36)22-15-13-21(14-16-22)19-37-29-34-33-27(17-20-7-2-1-3-8-20)35(29)26-12-5-4-11-25(26)31/h1-16,18H,17,19H2,(H,32,36). The van der Waals surface area contributed by atoms with Crippen LogP contribution in [-0.2, 0) is 12.2 Å². The molecule has 4 aromatic carbocycles. The first-order chi connectivity index (χ1) is 18.1. The van der Waals surface area contributed by atoms with E-state index >= 15 is 0 Å². The highest BCUT2D eigenvalue weighted by atomic mass is 32.2. The number of nitrogens with one attached hydrogen (secondary N) is 1. The van der Waals surface area contributed by atoms with Crippen molar-refractivity contribution in [2.45, 2.75) is 17.3 Å². The summed E-state index contributed by atoms with van der Waals surface area (Å²) in [5.74, 6) is 0.0919. The quantitative estimate of drug-likeness (QED) is 0.236. The second-order valence-corrected chi connectivity index (χ2v) is 9.24. The third-order valence-electron chi connectivity index (χ3n) is 5.67. The molecule has 0 unspecified atom stereocenters. The Morgan fingerprint density at radius 3 is 2.32 bits per heavy atom. The van der Waals surface area contributed by atoms with E-state index in [1.165, 1.54) is 36.0 Å². The molecule has 5 nitrogen and oxygen atoms in total. The second-order valence-electron chi connectivity index (χ2n) is 8.30. The summed E-state index contributed by atoms with van der Waals surface area (Å²) in [6.07, 6.45) is 0.512. The Morgan fingerprint density at radius 1 is 0.811 bits per heavy atom. The topological polar surface area (TPSA) is 59.8 Å². The van der Waals surface area contributed by atoms with E-state index in [4.69, 9.17) is 0 Å². The van der Waals surface area contributed by atoms with Gasteiger partial charge in [0, 0.05) is 23.4 Å². The number of carbonyl (C=O) groups is 1. The average molecular weight is 513 g/mol. The van der Waals surface area contributed by atoms with Crippen LogP contribution >= 0.6 is 11.8 Å². The summed E-state index contributed by atoms with van der Waals surface area (Å²) in [7, 11) is 0. The van der Waals surface area contributed by atoms with Gasteiger partial charge in [-0.2, -0.15) is 0 Å². The molecule has 184 valence electrons. The molecule has 0 spiro atoms. The third-order valence-corrected chi connectivity index (χ3v) is 6.67. The van der Waals surface area contributed by atoms with Gasteiger partial charge < -0.3 is 5.32 Å². The van der Waals surface area contributed by atoms with Crippen molar-refractivity contribution in [3.8, 4) is 5.69 Å². The van der Waals surface area contributed by atoms with Crippen molar-refractivity contribution in [1.29, 1.82) is 0 Å². The first kappa shape index (κ1) is 24.4. The molecule has 0 saturated heterocycles. The van der Waals surface area contributed by atoms with Crippen LogP contribution in [0.1, 0.15) is 27.3 Å². The van der Waals surface area contributed by atoms with Crippen molar-refractivity contribution >= 4 is 23.4 Å². The highest BCUT2D eigenvalue weighted by molar-refractivity contribution is 7.98. The molecule has 1 aromatic heterocycles. The van der Waals surface area contributed by atoms with Gasteiger partial charge in [0.1, 0.15) is 17.5 Å². The van der Waals surface area contributed by atoms with Crippen LogP contribution in [0, 0.1) is 11.6 Å². The summed E-state index contributed by atoms with van der Waals surface area (Å²) in [6, 6.07) is 29.3. The Labute approximate surface area is 217 Å². The molecule has 37 heavy (non-hydrogen) atoms. The van der Waals surface area contributed by atoms with Crippen LogP contribution in [0.3, 0.4) is 0 Å². The Balaban J connectivity index is 1.32. The van der Waals surface area contributed by atoms with Gasteiger partial charge in [-0.3, -0.25) is 9.36 Å². The molecule has 1 N–H and O–H groups in total. The SMILES string of the molecule is O=C(Nc1cccc(F)c1)c1ccc(CSc2nnc(Cc3ccccc3)n2-c2ccccc2F)cc1. The van der Waals surface area contributed by atoms with Crippen molar-refractivity contribution < 1.29 is 13.6 Å². The zero-order valence-electron chi connectivity index (χ0n) is 19.6. The van der Waals surface area contributed by atoms with Crippen LogP contribution in [0.4, 0.5) is 14.5 Å². The van der Waals surface area contributed by atoms with Crippen LogP contribution in [0.5, 0.6) is 0 Å². The number of rotatable bonds is 8. The van der Waals surface area contributed by atoms with E-state index in [2.05, 4.69) is 15.5 Å². The minimum atomic E-state index is -0.416. The number of carbonyl (C=O) groups excluding carboxylic acids is 1. The maximum absolute atomic E-state index is 14.8. The Hall–Kier alpha value is -4.30. The summed E-state index contributed by atoms with van der Waals surface area (Å²) >= 11 is 1.43. The van der Waals surface area contributed by atoms with Crippen molar-refractivity contribution in [1.82, 2.24) is 14.8 Å². The maximum atomic E-state index is 14.8. The normalized spacial score (nSPS) is 10.9. The Kier molecular flexibility index (Phi) is 7.37. The number of para-hydroxylation sites is 1. The molecule has 8 heteroatoms. The van der Waals surface area contributed by atoms with Gasteiger partial charge in [0.15, 0.2) is 5.16 Å². The molecule has 0 atom stereocenters. The van der Waals surface area contributed by atoms with E-state index in [-0.39, 0.29) is 11.7 Å².